The molecule has 0 bridgehead atoms. The van der Waals surface area contributed by atoms with Crippen LogP contribution in [0.2, 0.25) is 5.02 Å². The summed E-state index contributed by atoms with van der Waals surface area (Å²) in [5.74, 6) is -0.190. The van der Waals surface area contributed by atoms with Crippen molar-refractivity contribution in [3.05, 3.63) is 101 Å². The Balaban J connectivity index is 1.76. The first-order valence-electron chi connectivity index (χ1n) is 10.9. The first-order chi connectivity index (χ1) is 16.5. The predicted molar refractivity (Wildman–Crippen MR) is 131 cm³/mol. The Kier molecular flexibility index (Phi) is 5.36. The maximum absolute atomic E-state index is 14.1. The Morgan fingerprint density at radius 1 is 1.03 bits per heavy atom. The Labute approximate surface area is 203 Å². The highest BCUT2D eigenvalue weighted by Crippen LogP contribution is 2.55. The van der Waals surface area contributed by atoms with Crippen molar-refractivity contribution in [1.29, 1.82) is 10.5 Å². The van der Waals surface area contributed by atoms with Crippen LogP contribution >= 0.6 is 11.6 Å². The lowest BCUT2D eigenvalue weighted by Crippen LogP contribution is -2.44. The van der Waals surface area contributed by atoms with Crippen molar-refractivity contribution in [2.75, 3.05) is 12.0 Å². The number of methoxy groups -OCH3 is 1. The summed E-state index contributed by atoms with van der Waals surface area (Å²) in [5, 5.41) is 21.4. The van der Waals surface area contributed by atoms with Crippen LogP contribution in [0.4, 0.5) is 5.69 Å². The SMILES string of the molecule is COc1ccc(C(=O)[C@H]2[C@@H](c3ccccc3)C(C#N)(C#N)[C@H]3C=Cc4cc(Cl)ccc4N23)cc1. The number of anilines is 1. The summed E-state index contributed by atoms with van der Waals surface area (Å²) < 4.78 is 5.25. The van der Waals surface area contributed by atoms with E-state index < -0.39 is 23.4 Å². The second kappa shape index (κ2) is 8.37. The van der Waals surface area contributed by atoms with E-state index in [-0.39, 0.29) is 5.78 Å². The highest BCUT2D eigenvalue weighted by atomic mass is 35.5. The molecule has 3 aromatic rings. The number of rotatable bonds is 4. The van der Waals surface area contributed by atoms with Crippen LogP contribution in [0.1, 0.15) is 27.4 Å². The summed E-state index contributed by atoms with van der Waals surface area (Å²) in [5.41, 5.74) is 1.41. The third kappa shape index (κ3) is 3.17. The van der Waals surface area contributed by atoms with Crippen molar-refractivity contribution in [1.82, 2.24) is 0 Å². The Morgan fingerprint density at radius 2 is 1.74 bits per heavy atom. The van der Waals surface area contributed by atoms with Crippen LogP contribution in [-0.4, -0.2) is 25.0 Å². The first-order valence-corrected chi connectivity index (χ1v) is 11.2. The maximum Gasteiger partial charge on any atom is 0.185 e. The molecule has 0 amide bonds. The zero-order valence-corrected chi connectivity index (χ0v) is 19.1. The van der Waals surface area contributed by atoms with Gasteiger partial charge in [0.1, 0.15) is 11.8 Å². The van der Waals surface area contributed by atoms with E-state index in [2.05, 4.69) is 12.1 Å². The number of nitrogens with zero attached hydrogens (tertiary/aromatic N) is 3. The Morgan fingerprint density at radius 3 is 2.38 bits per heavy atom. The quantitative estimate of drug-likeness (QED) is 0.466. The van der Waals surface area contributed by atoms with Crippen LogP contribution in [0.3, 0.4) is 0 Å². The van der Waals surface area contributed by atoms with E-state index in [0.29, 0.717) is 16.3 Å². The van der Waals surface area contributed by atoms with E-state index in [9.17, 15) is 15.3 Å². The normalized spacial score (nSPS) is 21.6. The first kappa shape index (κ1) is 21.8. The van der Waals surface area contributed by atoms with Crippen LogP contribution in [0.15, 0.2) is 78.9 Å². The molecule has 2 heterocycles. The van der Waals surface area contributed by atoms with Gasteiger partial charge < -0.3 is 9.64 Å². The highest BCUT2D eigenvalue weighted by molar-refractivity contribution is 6.30. The number of ether oxygens (including phenoxy) is 1. The van der Waals surface area contributed by atoms with Crippen LogP contribution in [0.5, 0.6) is 5.75 Å². The van der Waals surface area contributed by atoms with Crippen molar-refractivity contribution in [2.45, 2.75) is 18.0 Å². The molecule has 0 unspecified atom stereocenters. The van der Waals surface area contributed by atoms with Gasteiger partial charge in [0.15, 0.2) is 11.2 Å². The Hall–Kier alpha value is -4.06. The minimum atomic E-state index is -1.47. The number of fused-ring (bicyclic) bond motifs is 3. The number of carbonyl (C=O) groups excluding carboxylic acids is 1. The number of hydrogen-bond donors (Lipinski definition) is 0. The average molecular weight is 466 g/mol. The van der Waals surface area contributed by atoms with Crippen LogP contribution < -0.4 is 9.64 Å². The third-order valence-corrected chi connectivity index (χ3v) is 7.00. The molecule has 5 nitrogen and oxygen atoms in total. The van der Waals surface area contributed by atoms with Crippen molar-refractivity contribution in [2.24, 2.45) is 5.41 Å². The molecule has 0 N–H and O–H groups in total. The standard InChI is InChI=1S/C28H20ClN3O2/c1-34-22-11-7-19(8-12-22)27(33)26-25(18-5-3-2-4-6-18)28(16-30,17-31)24-14-9-20-15-21(29)10-13-23(20)32(24)26/h2-15,24-26H,1H3/t24-,25-,26-/m1/s1. The molecule has 3 aromatic carbocycles. The van der Waals surface area contributed by atoms with Gasteiger partial charge in [0, 0.05) is 22.2 Å². The minimum absolute atomic E-state index is 0.162. The number of carbonyl (C=O) groups is 1. The molecule has 1 fully saturated rings. The van der Waals surface area contributed by atoms with Gasteiger partial charge in [-0.1, -0.05) is 54.1 Å². The second-order valence-electron chi connectivity index (χ2n) is 8.43. The molecule has 5 rings (SSSR count). The molecule has 2 aliphatic rings. The molecule has 0 aromatic heterocycles. The summed E-state index contributed by atoms with van der Waals surface area (Å²) in [6, 6.07) is 25.0. The third-order valence-electron chi connectivity index (χ3n) is 6.77. The fraction of sp³-hybridized carbons (Fsp3) is 0.179. The molecule has 0 radical (unpaired) electrons. The summed E-state index contributed by atoms with van der Waals surface area (Å²) in [7, 11) is 1.57. The molecule has 0 saturated carbocycles. The summed E-state index contributed by atoms with van der Waals surface area (Å²) >= 11 is 6.24. The van der Waals surface area contributed by atoms with Gasteiger partial charge in [-0.15, -0.1) is 0 Å². The molecule has 34 heavy (non-hydrogen) atoms. The van der Waals surface area contributed by atoms with Crippen LogP contribution in [0, 0.1) is 28.1 Å². The molecule has 6 heteroatoms. The number of ketones is 1. The van der Waals surface area contributed by atoms with Gasteiger partial charge in [0.25, 0.3) is 0 Å². The number of Topliss-reactive ketones (excluding diaryl/α,β-unsaturated/α-hetero) is 1. The fourth-order valence-corrected chi connectivity index (χ4v) is 5.41. The van der Waals surface area contributed by atoms with E-state index in [1.807, 2.05) is 59.5 Å². The molecule has 0 spiro atoms. The molecule has 1 saturated heterocycles. The van der Waals surface area contributed by atoms with E-state index in [1.165, 1.54) is 0 Å². The number of hydrogen-bond acceptors (Lipinski definition) is 5. The van der Waals surface area contributed by atoms with Gasteiger partial charge in [-0.25, -0.2) is 0 Å². The summed E-state index contributed by atoms with van der Waals surface area (Å²) in [6.45, 7) is 0. The number of halogens is 1. The topological polar surface area (TPSA) is 77.1 Å². The second-order valence-corrected chi connectivity index (χ2v) is 8.87. The van der Waals surface area contributed by atoms with Crippen molar-refractivity contribution in [3.8, 4) is 17.9 Å². The fourth-order valence-electron chi connectivity index (χ4n) is 5.22. The lowest BCUT2D eigenvalue weighted by atomic mass is 9.69. The van der Waals surface area contributed by atoms with Gasteiger partial charge >= 0.3 is 0 Å². The molecule has 3 atom stereocenters. The number of nitriles is 2. The van der Waals surface area contributed by atoms with Crippen LogP contribution in [-0.2, 0) is 0 Å². The van der Waals surface area contributed by atoms with Gasteiger partial charge in [0.2, 0.25) is 0 Å². The molecular weight excluding hydrogens is 446 g/mol. The smallest absolute Gasteiger partial charge is 0.185 e. The van der Waals surface area contributed by atoms with Crippen molar-refractivity contribution in [3.63, 3.8) is 0 Å². The molecule has 2 aliphatic heterocycles. The van der Waals surface area contributed by atoms with E-state index in [4.69, 9.17) is 16.3 Å². The lowest BCUT2D eigenvalue weighted by Gasteiger charge is -2.35. The number of benzene rings is 3. The van der Waals surface area contributed by atoms with Crippen molar-refractivity contribution >= 4 is 29.1 Å². The average Bonchev–Trinajstić information content (AvgIpc) is 3.19. The lowest BCUT2D eigenvalue weighted by molar-refractivity contribution is 0.0951. The predicted octanol–water partition coefficient (Wildman–Crippen LogP) is 5.63. The van der Waals surface area contributed by atoms with E-state index >= 15 is 0 Å². The van der Waals surface area contributed by atoms with Gasteiger partial charge in [-0.2, -0.15) is 10.5 Å². The van der Waals surface area contributed by atoms with E-state index in [1.54, 1.807) is 37.4 Å². The molecule has 0 aliphatic carbocycles. The zero-order chi connectivity index (χ0) is 23.9. The van der Waals surface area contributed by atoms with E-state index in [0.717, 1.165) is 16.8 Å². The van der Waals surface area contributed by atoms with Gasteiger partial charge in [0.05, 0.1) is 25.3 Å². The molecule has 166 valence electrons. The van der Waals surface area contributed by atoms with Gasteiger partial charge in [-0.05, 0) is 53.6 Å². The van der Waals surface area contributed by atoms with Crippen LogP contribution in [0.25, 0.3) is 6.08 Å². The Bertz CT molecular complexity index is 1360. The van der Waals surface area contributed by atoms with Crippen molar-refractivity contribution < 1.29 is 9.53 Å². The summed E-state index contributed by atoms with van der Waals surface area (Å²) in [6.07, 6.45) is 3.73. The zero-order valence-electron chi connectivity index (χ0n) is 18.4. The summed E-state index contributed by atoms with van der Waals surface area (Å²) in [4.78, 5) is 16.1. The highest BCUT2D eigenvalue weighted by Gasteiger charge is 2.63. The largest absolute Gasteiger partial charge is 0.497 e. The van der Waals surface area contributed by atoms with Gasteiger partial charge in [-0.3, -0.25) is 4.79 Å². The molecular formula is C28H20ClN3O2. The maximum atomic E-state index is 14.1. The monoisotopic (exact) mass is 465 g/mol. The minimum Gasteiger partial charge on any atom is -0.497 e.